The van der Waals surface area contributed by atoms with E-state index in [2.05, 4.69) is 26.2 Å². The van der Waals surface area contributed by atoms with Gasteiger partial charge in [0.15, 0.2) is 0 Å². The number of nitrogens with two attached hydrogens (primary N) is 1. The lowest BCUT2D eigenvalue weighted by Crippen LogP contribution is -2.13. The van der Waals surface area contributed by atoms with Crippen LogP contribution in [0.4, 0.5) is 11.4 Å². The Bertz CT molecular complexity index is 599. The van der Waals surface area contributed by atoms with Crippen LogP contribution in [0.3, 0.4) is 0 Å². The molecule has 0 aliphatic rings. The van der Waals surface area contributed by atoms with E-state index in [1.807, 2.05) is 6.92 Å². The van der Waals surface area contributed by atoms with Gasteiger partial charge in [0, 0.05) is 33.8 Å². The average molecular weight is 306 g/mol. The first-order valence-corrected chi connectivity index (χ1v) is 6.14. The third-order valence-corrected chi connectivity index (χ3v) is 3.25. The molecule has 1 aromatic heterocycles. The van der Waals surface area contributed by atoms with Crippen LogP contribution in [-0.4, -0.2) is 10.9 Å². The molecule has 0 saturated carbocycles. The number of carbonyl (C=O) groups is 1. The Hall–Kier alpha value is -1.88. The molecular formula is C13H12BrN3O. The van der Waals surface area contributed by atoms with Gasteiger partial charge in [-0.05, 0) is 52.7 Å². The Labute approximate surface area is 113 Å². The number of nitrogen functional groups attached to an aromatic ring is 1. The molecule has 92 valence electrons. The summed E-state index contributed by atoms with van der Waals surface area (Å²) in [4.78, 5) is 16.0. The maximum absolute atomic E-state index is 12.0. The molecule has 3 N–H and O–H groups in total. The second kappa shape index (κ2) is 5.18. The number of nitrogens with one attached hydrogen (secondary N) is 1. The van der Waals surface area contributed by atoms with E-state index in [9.17, 15) is 4.79 Å². The van der Waals surface area contributed by atoms with Crippen molar-refractivity contribution in [3.05, 3.63) is 52.3 Å². The van der Waals surface area contributed by atoms with Crippen molar-refractivity contribution >= 4 is 33.2 Å². The molecule has 0 aliphatic carbocycles. The van der Waals surface area contributed by atoms with E-state index in [0.29, 0.717) is 11.3 Å². The third kappa shape index (κ3) is 2.68. The number of aromatic nitrogens is 1. The van der Waals surface area contributed by atoms with Gasteiger partial charge in [-0.2, -0.15) is 0 Å². The Kier molecular flexibility index (Phi) is 3.62. The topological polar surface area (TPSA) is 68.0 Å². The lowest BCUT2D eigenvalue weighted by atomic mass is 10.2. The standard InChI is InChI=1S/C13H12BrN3O/c1-8-7-16-5-4-12(8)17-13(18)9-2-3-10(14)11(15)6-9/h2-7H,15H2,1H3,(H,16,17,18). The highest BCUT2D eigenvalue weighted by Crippen LogP contribution is 2.21. The van der Waals surface area contributed by atoms with Crippen molar-refractivity contribution in [2.75, 3.05) is 11.1 Å². The van der Waals surface area contributed by atoms with Crippen LogP contribution in [-0.2, 0) is 0 Å². The van der Waals surface area contributed by atoms with Crippen LogP contribution in [0, 0.1) is 6.92 Å². The van der Waals surface area contributed by atoms with E-state index in [1.54, 1.807) is 36.7 Å². The predicted octanol–water partition coefficient (Wildman–Crippen LogP) is 2.99. The summed E-state index contributed by atoms with van der Waals surface area (Å²) >= 11 is 3.29. The van der Waals surface area contributed by atoms with Crippen LogP contribution in [0.5, 0.6) is 0 Å². The Balaban J connectivity index is 2.22. The first-order chi connectivity index (χ1) is 8.58. The van der Waals surface area contributed by atoms with Gasteiger partial charge in [0.05, 0.1) is 0 Å². The number of anilines is 2. The van der Waals surface area contributed by atoms with E-state index >= 15 is 0 Å². The van der Waals surface area contributed by atoms with E-state index in [0.717, 1.165) is 15.7 Å². The fourth-order valence-corrected chi connectivity index (χ4v) is 1.74. The number of hydrogen-bond acceptors (Lipinski definition) is 3. The summed E-state index contributed by atoms with van der Waals surface area (Å²) in [5.74, 6) is -0.191. The fourth-order valence-electron chi connectivity index (χ4n) is 1.49. The predicted molar refractivity (Wildman–Crippen MR) is 75.5 cm³/mol. The van der Waals surface area contributed by atoms with Crippen molar-refractivity contribution in [1.82, 2.24) is 4.98 Å². The van der Waals surface area contributed by atoms with E-state index in [4.69, 9.17) is 5.73 Å². The van der Waals surface area contributed by atoms with Gasteiger partial charge in [-0.1, -0.05) is 0 Å². The second-order valence-corrected chi connectivity index (χ2v) is 4.74. The molecule has 18 heavy (non-hydrogen) atoms. The summed E-state index contributed by atoms with van der Waals surface area (Å²) in [6.07, 6.45) is 3.34. The maximum Gasteiger partial charge on any atom is 0.255 e. The van der Waals surface area contributed by atoms with E-state index in [1.165, 1.54) is 0 Å². The average Bonchev–Trinajstić information content (AvgIpc) is 2.35. The van der Waals surface area contributed by atoms with Crippen molar-refractivity contribution in [3.63, 3.8) is 0 Å². The van der Waals surface area contributed by atoms with Crippen LogP contribution in [0.25, 0.3) is 0 Å². The number of rotatable bonds is 2. The zero-order chi connectivity index (χ0) is 13.1. The molecule has 4 nitrogen and oxygen atoms in total. The molecule has 2 rings (SSSR count). The molecule has 1 aromatic carbocycles. The van der Waals surface area contributed by atoms with Gasteiger partial charge in [0.25, 0.3) is 5.91 Å². The highest BCUT2D eigenvalue weighted by molar-refractivity contribution is 9.10. The molecule has 0 fully saturated rings. The normalized spacial score (nSPS) is 10.1. The smallest absolute Gasteiger partial charge is 0.255 e. The highest BCUT2D eigenvalue weighted by atomic mass is 79.9. The zero-order valence-corrected chi connectivity index (χ0v) is 11.4. The molecule has 0 saturated heterocycles. The first kappa shape index (κ1) is 12.6. The number of halogens is 1. The Morgan fingerprint density at radius 1 is 1.39 bits per heavy atom. The molecule has 2 aromatic rings. The maximum atomic E-state index is 12.0. The minimum atomic E-state index is -0.191. The van der Waals surface area contributed by atoms with Gasteiger partial charge in [0.1, 0.15) is 0 Å². The van der Waals surface area contributed by atoms with Gasteiger partial charge in [-0.25, -0.2) is 0 Å². The molecule has 0 unspecified atom stereocenters. The Morgan fingerprint density at radius 3 is 2.83 bits per heavy atom. The highest BCUT2D eigenvalue weighted by Gasteiger charge is 2.08. The van der Waals surface area contributed by atoms with Crippen LogP contribution in [0.15, 0.2) is 41.1 Å². The van der Waals surface area contributed by atoms with Crippen molar-refractivity contribution in [2.24, 2.45) is 0 Å². The van der Waals surface area contributed by atoms with Gasteiger partial charge >= 0.3 is 0 Å². The summed E-state index contributed by atoms with van der Waals surface area (Å²) in [5.41, 5.74) is 8.46. The third-order valence-electron chi connectivity index (χ3n) is 2.53. The van der Waals surface area contributed by atoms with Crippen LogP contribution < -0.4 is 11.1 Å². The lowest BCUT2D eigenvalue weighted by molar-refractivity contribution is 0.102. The number of carbonyl (C=O) groups excluding carboxylic acids is 1. The number of benzene rings is 1. The molecule has 0 atom stereocenters. The second-order valence-electron chi connectivity index (χ2n) is 3.88. The van der Waals surface area contributed by atoms with Gasteiger partial charge in [-0.3, -0.25) is 9.78 Å². The van der Waals surface area contributed by atoms with Crippen molar-refractivity contribution < 1.29 is 4.79 Å². The summed E-state index contributed by atoms with van der Waals surface area (Å²) < 4.78 is 0.777. The lowest BCUT2D eigenvalue weighted by Gasteiger charge is -2.08. The number of pyridine rings is 1. The van der Waals surface area contributed by atoms with Crippen LogP contribution in [0.1, 0.15) is 15.9 Å². The summed E-state index contributed by atoms with van der Waals surface area (Å²) in [5, 5.41) is 2.82. The number of hydrogen-bond donors (Lipinski definition) is 2. The van der Waals surface area contributed by atoms with Crippen LogP contribution in [0.2, 0.25) is 0 Å². The van der Waals surface area contributed by atoms with E-state index in [-0.39, 0.29) is 5.91 Å². The molecule has 0 bridgehead atoms. The summed E-state index contributed by atoms with van der Waals surface area (Å²) in [7, 11) is 0. The summed E-state index contributed by atoms with van der Waals surface area (Å²) in [6, 6.07) is 6.86. The first-order valence-electron chi connectivity index (χ1n) is 5.35. The van der Waals surface area contributed by atoms with Gasteiger partial charge in [-0.15, -0.1) is 0 Å². The molecular weight excluding hydrogens is 294 g/mol. The van der Waals surface area contributed by atoms with Gasteiger partial charge < -0.3 is 11.1 Å². The Morgan fingerprint density at radius 2 is 2.17 bits per heavy atom. The molecule has 0 aliphatic heterocycles. The number of aryl methyl sites for hydroxylation is 1. The van der Waals surface area contributed by atoms with E-state index < -0.39 is 0 Å². The zero-order valence-electron chi connectivity index (χ0n) is 9.77. The largest absolute Gasteiger partial charge is 0.398 e. The SMILES string of the molecule is Cc1cnccc1NC(=O)c1ccc(Br)c(N)c1. The molecule has 0 radical (unpaired) electrons. The minimum Gasteiger partial charge on any atom is -0.398 e. The van der Waals surface area contributed by atoms with Crippen molar-refractivity contribution in [2.45, 2.75) is 6.92 Å². The number of amides is 1. The van der Waals surface area contributed by atoms with Crippen LogP contribution >= 0.6 is 15.9 Å². The molecule has 1 heterocycles. The quantitative estimate of drug-likeness (QED) is 0.838. The summed E-state index contributed by atoms with van der Waals surface area (Å²) in [6.45, 7) is 1.89. The molecule has 1 amide bonds. The minimum absolute atomic E-state index is 0.191. The van der Waals surface area contributed by atoms with Gasteiger partial charge in [0.2, 0.25) is 0 Å². The fraction of sp³-hybridized carbons (Fsp3) is 0.0769. The molecule has 0 spiro atoms. The van der Waals surface area contributed by atoms with Crippen molar-refractivity contribution in [1.29, 1.82) is 0 Å². The number of nitrogens with zero attached hydrogens (tertiary/aromatic N) is 1. The monoisotopic (exact) mass is 305 g/mol. The molecule has 5 heteroatoms. The van der Waals surface area contributed by atoms with Crippen molar-refractivity contribution in [3.8, 4) is 0 Å².